The van der Waals surface area contributed by atoms with Gasteiger partial charge in [-0.2, -0.15) is 5.26 Å². The van der Waals surface area contributed by atoms with Crippen LogP contribution in [0.2, 0.25) is 0 Å². The second-order valence-electron chi connectivity index (χ2n) is 8.52. The Labute approximate surface area is 176 Å². The predicted molar refractivity (Wildman–Crippen MR) is 110 cm³/mol. The molecule has 2 fully saturated rings. The first-order chi connectivity index (χ1) is 14.4. The third-order valence-corrected chi connectivity index (χ3v) is 6.38. The van der Waals surface area contributed by atoms with E-state index >= 15 is 0 Å². The van der Waals surface area contributed by atoms with Crippen LogP contribution in [-0.2, 0) is 11.2 Å². The molecule has 1 heterocycles. The van der Waals surface area contributed by atoms with Crippen molar-refractivity contribution in [3.8, 4) is 6.07 Å². The van der Waals surface area contributed by atoms with Gasteiger partial charge in [0.05, 0.1) is 18.2 Å². The Hall–Kier alpha value is -2.27. The highest BCUT2D eigenvalue weighted by atomic mass is 16.5. The molecule has 2 aromatic carbocycles. The van der Waals surface area contributed by atoms with Crippen LogP contribution in [0.15, 0.2) is 42.5 Å². The van der Waals surface area contributed by atoms with Crippen LogP contribution in [0.25, 0.3) is 0 Å². The van der Waals surface area contributed by atoms with E-state index in [0.717, 1.165) is 17.0 Å². The molecule has 6 heteroatoms. The highest BCUT2D eigenvalue weighted by Crippen LogP contribution is 2.46. The molecule has 6 nitrogen and oxygen atoms in total. The van der Waals surface area contributed by atoms with E-state index in [1.54, 1.807) is 18.2 Å². The zero-order chi connectivity index (χ0) is 21.4. The molecule has 158 valence electrons. The quantitative estimate of drug-likeness (QED) is 0.599. The van der Waals surface area contributed by atoms with Gasteiger partial charge in [0.15, 0.2) is 0 Å². The lowest BCUT2D eigenvalue weighted by atomic mass is 9.89. The number of ether oxygens (including phenoxy) is 1. The van der Waals surface area contributed by atoms with Gasteiger partial charge in [-0.1, -0.05) is 43.3 Å². The fraction of sp³-hybridized carbons (Fsp3) is 0.458. The van der Waals surface area contributed by atoms with Gasteiger partial charge in [0.1, 0.15) is 30.5 Å². The van der Waals surface area contributed by atoms with Crippen molar-refractivity contribution in [1.82, 2.24) is 0 Å². The molecule has 2 aromatic rings. The minimum absolute atomic E-state index is 0.476. The Kier molecular flexibility index (Phi) is 5.92. The van der Waals surface area contributed by atoms with Gasteiger partial charge in [0.2, 0.25) is 0 Å². The molecular formula is C24H27NO5. The first-order valence-corrected chi connectivity index (χ1v) is 10.3. The second-order valence-corrected chi connectivity index (χ2v) is 8.52. The van der Waals surface area contributed by atoms with E-state index in [2.05, 4.69) is 37.3 Å². The van der Waals surface area contributed by atoms with Crippen LogP contribution >= 0.6 is 0 Å². The maximum absolute atomic E-state index is 10.4. The van der Waals surface area contributed by atoms with Gasteiger partial charge in [-0.15, -0.1) is 0 Å². The zero-order valence-corrected chi connectivity index (χ0v) is 16.8. The lowest BCUT2D eigenvalue weighted by Gasteiger charge is -2.40. The number of hydrogen-bond donors (Lipinski definition) is 4. The summed E-state index contributed by atoms with van der Waals surface area (Å²) < 4.78 is 5.66. The molecule has 0 aromatic heterocycles. The summed E-state index contributed by atoms with van der Waals surface area (Å²) in [6.45, 7) is 1.78. The summed E-state index contributed by atoms with van der Waals surface area (Å²) >= 11 is 0. The number of nitrogens with zero attached hydrogens (tertiary/aromatic N) is 1. The molecule has 1 aliphatic heterocycles. The monoisotopic (exact) mass is 409 g/mol. The topological polar surface area (TPSA) is 114 Å². The summed E-state index contributed by atoms with van der Waals surface area (Å²) in [7, 11) is 0. The normalized spacial score (nSPS) is 33.1. The van der Waals surface area contributed by atoms with E-state index in [1.165, 1.54) is 12.0 Å². The third kappa shape index (κ3) is 4.00. The van der Waals surface area contributed by atoms with Gasteiger partial charge in [-0.25, -0.2) is 0 Å². The van der Waals surface area contributed by atoms with Crippen molar-refractivity contribution in [2.75, 3.05) is 6.61 Å². The van der Waals surface area contributed by atoms with Crippen LogP contribution in [0.3, 0.4) is 0 Å². The molecule has 1 aliphatic carbocycles. The molecular weight excluding hydrogens is 382 g/mol. The molecule has 2 aliphatic rings. The van der Waals surface area contributed by atoms with Gasteiger partial charge in [0, 0.05) is 0 Å². The molecule has 4 rings (SSSR count). The maximum atomic E-state index is 10.4. The highest BCUT2D eigenvalue weighted by Gasteiger charge is 2.44. The molecule has 2 unspecified atom stereocenters. The summed E-state index contributed by atoms with van der Waals surface area (Å²) in [5, 5.41) is 49.4. The van der Waals surface area contributed by atoms with Gasteiger partial charge >= 0.3 is 0 Å². The average molecular weight is 409 g/mol. The summed E-state index contributed by atoms with van der Waals surface area (Å²) in [6.07, 6.45) is -4.27. The molecule has 0 amide bonds. The molecule has 7 atom stereocenters. The van der Waals surface area contributed by atoms with Crippen molar-refractivity contribution in [2.24, 2.45) is 5.92 Å². The van der Waals surface area contributed by atoms with Crippen LogP contribution in [0, 0.1) is 17.2 Å². The lowest BCUT2D eigenvalue weighted by Crippen LogP contribution is -2.55. The first-order valence-electron chi connectivity index (χ1n) is 10.3. The highest BCUT2D eigenvalue weighted by molar-refractivity contribution is 5.44. The molecule has 0 bridgehead atoms. The largest absolute Gasteiger partial charge is 0.394 e. The van der Waals surface area contributed by atoms with E-state index in [-0.39, 0.29) is 0 Å². The summed E-state index contributed by atoms with van der Waals surface area (Å²) in [6, 6.07) is 15.8. The molecule has 0 radical (unpaired) electrons. The van der Waals surface area contributed by atoms with Crippen molar-refractivity contribution >= 4 is 0 Å². The Balaban J connectivity index is 1.58. The molecule has 1 saturated heterocycles. The number of aliphatic hydroxyl groups is 4. The van der Waals surface area contributed by atoms with Crippen LogP contribution in [-0.4, -0.2) is 51.4 Å². The van der Waals surface area contributed by atoms with Crippen molar-refractivity contribution in [2.45, 2.75) is 56.2 Å². The van der Waals surface area contributed by atoms with Crippen molar-refractivity contribution in [3.63, 3.8) is 0 Å². The van der Waals surface area contributed by atoms with E-state index < -0.39 is 37.1 Å². The smallest absolute Gasteiger partial charge is 0.113 e. The van der Waals surface area contributed by atoms with Crippen LogP contribution in [0.1, 0.15) is 53.2 Å². The third-order valence-electron chi connectivity index (χ3n) is 6.38. The van der Waals surface area contributed by atoms with Crippen LogP contribution in [0.4, 0.5) is 0 Å². The number of nitriles is 1. The Morgan fingerprint density at radius 1 is 1.00 bits per heavy atom. The van der Waals surface area contributed by atoms with Crippen LogP contribution in [0.5, 0.6) is 0 Å². The number of aliphatic hydroxyl groups excluding tert-OH is 4. The molecule has 1 saturated carbocycles. The van der Waals surface area contributed by atoms with Gasteiger partial charge < -0.3 is 25.2 Å². The summed E-state index contributed by atoms with van der Waals surface area (Å²) in [5.74, 6) is 1.40. The zero-order valence-electron chi connectivity index (χ0n) is 16.8. The van der Waals surface area contributed by atoms with E-state index in [0.29, 0.717) is 23.5 Å². The van der Waals surface area contributed by atoms with Crippen molar-refractivity contribution in [3.05, 3.63) is 70.3 Å². The fourth-order valence-corrected chi connectivity index (χ4v) is 4.31. The van der Waals surface area contributed by atoms with Gasteiger partial charge in [-0.05, 0) is 53.0 Å². The summed E-state index contributed by atoms with van der Waals surface area (Å²) in [5.41, 5.74) is 4.34. The average Bonchev–Trinajstić information content (AvgIpc) is 3.49. The molecule has 0 spiro atoms. The predicted octanol–water partition coefficient (Wildman–Crippen LogP) is 1.79. The lowest BCUT2D eigenvalue weighted by molar-refractivity contribution is -0.231. The van der Waals surface area contributed by atoms with Crippen molar-refractivity contribution in [1.29, 1.82) is 5.26 Å². The Morgan fingerprint density at radius 3 is 2.27 bits per heavy atom. The number of benzene rings is 2. The molecule has 4 N–H and O–H groups in total. The molecule has 30 heavy (non-hydrogen) atoms. The first kappa shape index (κ1) is 21.0. The van der Waals surface area contributed by atoms with Crippen molar-refractivity contribution < 1.29 is 25.2 Å². The minimum atomic E-state index is -1.43. The number of hydrogen-bond acceptors (Lipinski definition) is 6. The minimum Gasteiger partial charge on any atom is -0.394 e. The standard InChI is InChI=1S/C24H27NO5/c1-13-8-19(13)15-4-2-14(3-5-15)9-18-10-16(6-7-17(18)11-25)24-23(29)22(28)21(27)20(12-26)30-24/h2-7,10,13,19-24,26-29H,8-9,12H2,1H3/t13?,19?,20-,21-,22+,23-,24+/m1/s1. The van der Waals surface area contributed by atoms with Gasteiger partial charge in [0.25, 0.3) is 0 Å². The maximum Gasteiger partial charge on any atom is 0.113 e. The van der Waals surface area contributed by atoms with E-state index in [9.17, 15) is 25.7 Å². The van der Waals surface area contributed by atoms with Gasteiger partial charge in [-0.3, -0.25) is 0 Å². The summed E-state index contributed by atoms with van der Waals surface area (Å²) in [4.78, 5) is 0. The fourth-order valence-electron chi connectivity index (χ4n) is 4.31. The van der Waals surface area contributed by atoms with E-state index in [4.69, 9.17) is 4.74 Å². The number of rotatable bonds is 5. The second kappa shape index (κ2) is 8.46. The van der Waals surface area contributed by atoms with Crippen LogP contribution < -0.4 is 0 Å². The Bertz CT molecular complexity index is 936. The van der Waals surface area contributed by atoms with E-state index in [1.807, 2.05) is 0 Å². The SMILES string of the molecule is CC1CC1c1ccc(Cc2cc([C@@H]3O[C@H](CO)[C@@H](O)[C@H](O)[C@H]3O)ccc2C#N)cc1. The Morgan fingerprint density at radius 2 is 1.67 bits per heavy atom.